The van der Waals surface area contributed by atoms with E-state index >= 15 is 0 Å². The Labute approximate surface area is 191 Å². The lowest BCUT2D eigenvalue weighted by Gasteiger charge is -2.18. The molecule has 7 heteroatoms. The first kappa shape index (κ1) is 21.1. The Morgan fingerprint density at radius 1 is 0.970 bits per heavy atom. The fourth-order valence-corrected chi connectivity index (χ4v) is 5.39. The van der Waals surface area contributed by atoms with Gasteiger partial charge in [0.25, 0.3) is 5.91 Å². The maximum Gasteiger partial charge on any atom is 0.338 e. The molecule has 2 aromatic rings. The topological polar surface area (TPSA) is 92.8 Å². The number of ether oxygens (including phenoxy) is 1. The van der Waals surface area contributed by atoms with Crippen molar-refractivity contribution in [2.75, 3.05) is 16.8 Å². The van der Waals surface area contributed by atoms with Gasteiger partial charge in [-0.2, -0.15) is 0 Å². The van der Waals surface area contributed by atoms with Gasteiger partial charge in [-0.05, 0) is 73.6 Å². The minimum atomic E-state index is -0.701. The molecule has 1 saturated heterocycles. The average Bonchev–Trinajstić information content (AvgIpc) is 3.45. The largest absolute Gasteiger partial charge is 0.452 e. The third-order valence-corrected chi connectivity index (χ3v) is 6.65. The number of rotatable bonds is 5. The van der Waals surface area contributed by atoms with Crippen LogP contribution in [0.25, 0.3) is 0 Å². The predicted octanol–water partition coefficient (Wildman–Crippen LogP) is 3.41. The standard InChI is InChI=1S/C26H24N2O5/c1-14-8-15(2)10-19(9-14)27-21(29)13-33-26(32)18-4-3-5-20(12-18)28-24(30)22-16-6-7-17(11-16)23(22)25(28)31/h3-10,12,16-17,22-23H,11,13H2,1-2H3,(H,27,29)/t16-,17-,22-,23+/m0/s1. The summed E-state index contributed by atoms with van der Waals surface area (Å²) in [5, 5.41) is 2.72. The zero-order valence-electron chi connectivity index (χ0n) is 18.4. The molecular formula is C26H24N2O5. The number of carbonyl (C=O) groups is 4. The van der Waals surface area contributed by atoms with E-state index in [2.05, 4.69) is 5.32 Å². The fraction of sp³-hybridized carbons (Fsp3) is 0.308. The van der Waals surface area contributed by atoms with Gasteiger partial charge in [0.1, 0.15) is 0 Å². The number of hydrogen-bond acceptors (Lipinski definition) is 5. The number of aryl methyl sites for hydroxylation is 2. The van der Waals surface area contributed by atoms with Crippen LogP contribution in [0.2, 0.25) is 0 Å². The van der Waals surface area contributed by atoms with Crippen LogP contribution in [0.3, 0.4) is 0 Å². The lowest BCUT2D eigenvalue weighted by Crippen LogP contribution is -2.33. The molecule has 2 aliphatic carbocycles. The molecule has 1 saturated carbocycles. The summed E-state index contributed by atoms with van der Waals surface area (Å²) in [6, 6.07) is 11.9. The Bertz CT molecular complexity index is 1170. The highest BCUT2D eigenvalue weighted by molar-refractivity contribution is 6.23. The molecule has 2 aromatic carbocycles. The van der Waals surface area contributed by atoms with Gasteiger partial charge in [0, 0.05) is 5.69 Å². The first-order valence-corrected chi connectivity index (χ1v) is 11.0. The van der Waals surface area contributed by atoms with Crippen molar-refractivity contribution < 1.29 is 23.9 Å². The molecule has 168 valence electrons. The van der Waals surface area contributed by atoms with E-state index < -0.39 is 18.5 Å². The summed E-state index contributed by atoms with van der Waals surface area (Å²) < 4.78 is 5.16. The molecule has 0 unspecified atom stereocenters. The first-order valence-electron chi connectivity index (χ1n) is 11.0. The smallest absolute Gasteiger partial charge is 0.338 e. The summed E-state index contributed by atoms with van der Waals surface area (Å²) in [6.07, 6.45) is 4.94. The lowest BCUT2D eigenvalue weighted by atomic mass is 9.85. The van der Waals surface area contributed by atoms with Crippen LogP contribution in [0.1, 0.15) is 27.9 Å². The Kier molecular flexibility index (Phi) is 5.12. The number of nitrogens with one attached hydrogen (secondary N) is 1. The number of carbonyl (C=O) groups excluding carboxylic acids is 4. The van der Waals surface area contributed by atoms with Crippen LogP contribution in [-0.2, 0) is 19.1 Å². The molecule has 5 rings (SSSR count). The van der Waals surface area contributed by atoms with E-state index in [1.807, 2.05) is 44.2 Å². The normalized spacial score (nSPS) is 24.8. The predicted molar refractivity (Wildman–Crippen MR) is 121 cm³/mol. The number of hydrogen-bond donors (Lipinski definition) is 1. The summed E-state index contributed by atoms with van der Waals surface area (Å²) in [6.45, 7) is 3.41. The van der Waals surface area contributed by atoms with Crippen molar-refractivity contribution in [2.45, 2.75) is 20.3 Å². The van der Waals surface area contributed by atoms with Gasteiger partial charge in [0.15, 0.2) is 6.61 Å². The molecule has 3 amide bonds. The molecule has 4 atom stereocenters. The highest BCUT2D eigenvalue weighted by atomic mass is 16.5. The quantitative estimate of drug-likeness (QED) is 0.433. The molecule has 1 N–H and O–H groups in total. The molecule has 0 aromatic heterocycles. The lowest BCUT2D eigenvalue weighted by molar-refractivity contribution is -0.123. The van der Waals surface area contributed by atoms with Gasteiger partial charge >= 0.3 is 5.97 Å². The molecule has 0 spiro atoms. The van der Waals surface area contributed by atoms with E-state index in [4.69, 9.17) is 4.74 Å². The van der Waals surface area contributed by atoms with Gasteiger partial charge in [0.05, 0.1) is 23.1 Å². The highest BCUT2D eigenvalue weighted by Gasteiger charge is 2.59. The maximum atomic E-state index is 13.0. The van der Waals surface area contributed by atoms with Crippen LogP contribution in [-0.4, -0.2) is 30.3 Å². The number of benzene rings is 2. The van der Waals surface area contributed by atoms with E-state index in [1.165, 1.54) is 17.0 Å². The van der Waals surface area contributed by atoms with Crippen LogP contribution in [0.15, 0.2) is 54.6 Å². The van der Waals surface area contributed by atoms with Crippen LogP contribution in [0, 0.1) is 37.5 Å². The van der Waals surface area contributed by atoms with Gasteiger partial charge in [-0.25, -0.2) is 9.69 Å². The number of esters is 1. The van der Waals surface area contributed by atoms with Gasteiger partial charge in [-0.1, -0.05) is 24.3 Å². The Balaban J connectivity index is 1.25. The average molecular weight is 444 g/mol. The summed E-state index contributed by atoms with van der Waals surface area (Å²) >= 11 is 0. The third-order valence-electron chi connectivity index (χ3n) is 6.65. The second-order valence-electron chi connectivity index (χ2n) is 9.06. The molecule has 0 radical (unpaired) electrons. The minimum absolute atomic E-state index is 0.116. The minimum Gasteiger partial charge on any atom is -0.452 e. The van der Waals surface area contributed by atoms with Crippen molar-refractivity contribution in [3.63, 3.8) is 0 Å². The van der Waals surface area contributed by atoms with Crippen molar-refractivity contribution in [3.05, 3.63) is 71.3 Å². The molecular weight excluding hydrogens is 420 g/mol. The van der Waals surface area contributed by atoms with Crippen LogP contribution in [0.4, 0.5) is 11.4 Å². The SMILES string of the molecule is Cc1cc(C)cc(NC(=O)COC(=O)c2cccc(N3C(=O)[C@@H]4[C@H](C3=O)[C@H]3C=C[C@H]4C3)c2)c1. The summed E-state index contributed by atoms with van der Waals surface area (Å²) in [5.41, 5.74) is 3.19. The van der Waals surface area contributed by atoms with Crippen molar-refractivity contribution >= 4 is 35.1 Å². The van der Waals surface area contributed by atoms with E-state index in [0.717, 1.165) is 17.5 Å². The fourth-order valence-electron chi connectivity index (χ4n) is 5.39. The zero-order valence-corrected chi connectivity index (χ0v) is 18.4. The van der Waals surface area contributed by atoms with Crippen molar-refractivity contribution in [3.8, 4) is 0 Å². The zero-order chi connectivity index (χ0) is 23.3. The second kappa shape index (κ2) is 7.99. The molecule has 3 aliphatic rings. The summed E-state index contributed by atoms with van der Waals surface area (Å²) in [5.74, 6) is -1.95. The molecule has 1 heterocycles. The molecule has 2 bridgehead atoms. The first-order chi connectivity index (χ1) is 15.8. The van der Waals surface area contributed by atoms with Crippen molar-refractivity contribution in [2.24, 2.45) is 23.7 Å². The number of allylic oxidation sites excluding steroid dienone is 2. The third kappa shape index (κ3) is 3.73. The van der Waals surface area contributed by atoms with Crippen LogP contribution >= 0.6 is 0 Å². The summed E-state index contributed by atoms with van der Waals surface area (Å²) in [4.78, 5) is 52.0. The monoisotopic (exact) mass is 444 g/mol. The van der Waals surface area contributed by atoms with Gasteiger partial charge in [-0.3, -0.25) is 14.4 Å². The second-order valence-corrected chi connectivity index (χ2v) is 9.06. The van der Waals surface area contributed by atoms with Gasteiger partial charge < -0.3 is 10.1 Å². The van der Waals surface area contributed by atoms with E-state index in [1.54, 1.807) is 12.1 Å². The number of fused-ring (bicyclic) bond motifs is 5. The Morgan fingerprint density at radius 3 is 2.24 bits per heavy atom. The van der Waals surface area contributed by atoms with Crippen LogP contribution in [0.5, 0.6) is 0 Å². The number of amides is 3. The maximum absolute atomic E-state index is 13.0. The number of anilines is 2. The number of imide groups is 1. The van der Waals surface area contributed by atoms with Crippen molar-refractivity contribution in [1.82, 2.24) is 0 Å². The number of nitrogens with zero attached hydrogens (tertiary/aromatic N) is 1. The molecule has 7 nitrogen and oxygen atoms in total. The van der Waals surface area contributed by atoms with Crippen molar-refractivity contribution in [1.29, 1.82) is 0 Å². The highest BCUT2D eigenvalue weighted by Crippen LogP contribution is 2.53. The molecule has 1 aliphatic heterocycles. The van der Waals surface area contributed by atoms with Gasteiger partial charge in [-0.15, -0.1) is 0 Å². The summed E-state index contributed by atoms with van der Waals surface area (Å²) in [7, 11) is 0. The van der Waals surface area contributed by atoms with Gasteiger partial charge in [0.2, 0.25) is 11.8 Å². The van der Waals surface area contributed by atoms with E-state index in [-0.39, 0.29) is 41.0 Å². The van der Waals surface area contributed by atoms with E-state index in [9.17, 15) is 19.2 Å². The molecule has 33 heavy (non-hydrogen) atoms. The van der Waals surface area contributed by atoms with Crippen LogP contribution < -0.4 is 10.2 Å². The Morgan fingerprint density at radius 2 is 1.61 bits per heavy atom. The Hall–Kier alpha value is -3.74. The molecule has 2 fully saturated rings. The van der Waals surface area contributed by atoms with E-state index in [0.29, 0.717) is 11.4 Å².